The van der Waals surface area contributed by atoms with Crippen LogP contribution >= 0.6 is 0 Å². The highest BCUT2D eigenvalue weighted by molar-refractivity contribution is 6.03. The van der Waals surface area contributed by atoms with Crippen LogP contribution in [-0.4, -0.2) is 36.5 Å². The first kappa shape index (κ1) is 22.2. The van der Waals surface area contributed by atoms with Crippen LogP contribution < -0.4 is 14.8 Å². The number of para-hydroxylation sites is 1. The van der Waals surface area contributed by atoms with E-state index in [0.717, 1.165) is 41.6 Å². The lowest BCUT2D eigenvalue weighted by atomic mass is 9.74. The number of nitrogens with one attached hydrogen (secondary N) is 1. The summed E-state index contributed by atoms with van der Waals surface area (Å²) in [5.74, 6) is 1.23. The number of rotatable bonds is 6. The molecule has 0 aromatic heterocycles. The molecule has 1 N–H and O–H groups in total. The molecule has 1 aliphatic heterocycles. The van der Waals surface area contributed by atoms with E-state index in [1.165, 1.54) is 0 Å². The standard InChI is InChI=1S/C26H32N2O4/c1-17-9-8-10-18(2)24(17)27-25(30)26(13-6-5-7-14-26)28-20(16-23(28)29)19-11-12-21(31-3)22(15-19)32-4/h8-12,15,20H,5-7,13-14,16H2,1-4H3,(H,27,30). The Morgan fingerprint density at radius 1 is 1.00 bits per heavy atom. The number of hydrogen-bond donors (Lipinski definition) is 1. The quantitative estimate of drug-likeness (QED) is 0.652. The normalized spacial score (nSPS) is 19.8. The molecule has 1 saturated carbocycles. The van der Waals surface area contributed by atoms with E-state index >= 15 is 0 Å². The Labute approximate surface area is 189 Å². The van der Waals surface area contributed by atoms with Gasteiger partial charge in [0.2, 0.25) is 11.8 Å². The first-order valence-electron chi connectivity index (χ1n) is 11.3. The van der Waals surface area contributed by atoms with Crippen LogP contribution in [0, 0.1) is 13.8 Å². The van der Waals surface area contributed by atoms with Gasteiger partial charge in [-0.15, -0.1) is 0 Å². The topological polar surface area (TPSA) is 67.9 Å². The van der Waals surface area contributed by atoms with Crippen molar-refractivity contribution in [3.05, 3.63) is 53.1 Å². The van der Waals surface area contributed by atoms with Crippen molar-refractivity contribution >= 4 is 17.5 Å². The van der Waals surface area contributed by atoms with Gasteiger partial charge < -0.3 is 19.7 Å². The molecule has 0 bridgehead atoms. The third-order valence-corrected chi connectivity index (χ3v) is 7.02. The molecule has 2 aromatic carbocycles. The monoisotopic (exact) mass is 436 g/mol. The summed E-state index contributed by atoms with van der Waals surface area (Å²) in [6.45, 7) is 3.99. The number of β-lactam (4-membered cyclic amide) rings is 1. The SMILES string of the molecule is COc1ccc(C2CC(=O)N2C2(C(=O)Nc3c(C)cccc3C)CCCCC2)cc1OC. The van der Waals surface area contributed by atoms with Gasteiger partial charge in [-0.05, 0) is 55.5 Å². The molecule has 1 saturated heterocycles. The van der Waals surface area contributed by atoms with Crippen molar-refractivity contribution < 1.29 is 19.1 Å². The van der Waals surface area contributed by atoms with Gasteiger partial charge in [0.25, 0.3) is 0 Å². The van der Waals surface area contributed by atoms with Crippen LogP contribution in [0.25, 0.3) is 0 Å². The third-order valence-electron chi connectivity index (χ3n) is 7.02. The lowest BCUT2D eigenvalue weighted by Crippen LogP contribution is -2.65. The van der Waals surface area contributed by atoms with Gasteiger partial charge in [-0.25, -0.2) is 0 Å². The Balaban J connectivity index is 1.69. The molecule has 0 radical (unpaired) electrons. The van der Waals surface area contributed by atoms with Gasteiger partial charge in [0.1, 0.15) is 5.54 Å². The number of methoxy groups -OCH3 is 2. The molecule has 1 atom stereocenters. The largest absolute Gasteiger partial charge is 0.493 e. The van der Waals surface area contributed by atoms with E-state index in [0.29, 0.717) is 30.8 Å². The summed E-state index contributed by atoms with van der Waals surface area (Å²) < 4.78 is 10.8. The predicted molar refractivity (Wildman–Crippen MR) is 124 cm³/mol. The molecule has 4 rings (SSSR count). The summed E-state index contributed by atoms with van der Waals surface area (Å²) in [6.07, 6.45) is 4.71. The highest BCUT2D eigenvalue weighted by atomic mass is 16.5. The number of ether oxygens (including phenoxy) is 2. The summed E-state index contributed by atoms with van der Waals surface area (Å²) in [5, 5.41) is 3.19. The smallest absolute Gasteiger partial charge is 0.250 e. The van der Waals surface area contributed by atoms with Gasteiger partial charge in [0.15, 0.2) is 11.5 Å². The molecule has 6 nitrogen and oxygen atoms in total. The highest BCUT2D eigenvalue weighted by Crippen LogP contribution is 2.48. The van der Waals surface area contributed by atoms with Crippen LogP contribution in [0.2, 0.25) is 0 Å². The van der Waals surface area contributed by atoms with Gasteiger partial charge in [-0.1, -0.05) is 43.5 Å². The zero-order chi connectivity index (χ0) is 22.9. The van der Waals surface area contributed by atoms with E-state index in [-0.39, 0.29) is 17.9 Å². The maximum atomic E-state index is 13.8. The maximum absolute atomic E-state index is 13.8. The van der Waals surface area contributed by atoms with Crippen LogP contribution in [0.5, 0.6) is 11.5 Å². The summed E-state index contributed by atoms with van der Waals surface area (Å²) in [4.78, 5) is 28.6. The molecule has 2 amide bonds. The van der Waals surface area contributed by atoms with E-state index in [2.05, 4.69) is 5.32 Å². The van der Waals surface area contributed by atoms with Crippen molar-refractivity contribution in [3.8, 4) is 11.5 Å². The third kappa shape index (κ3) is 3.72. The Morgan fingerprint density at radius 3 is 2.25 bits per heavy atom. The van der Waals surface area contributed by atoms with Crippen molar-refractivity contribution in [2.24, 2.45) is 0 Å². The molecular formula is C26H32N2O4. The van der Waals surface area contributed by atoms with E-state index in [4.69, 9.17) is 9.47 Å². The lowest BCUT2D eigenvalue weighted by molar-refractivity contribution is -0.166. The predicted octanol–water partition coefficient (Wildman–Crippen LogP) is 4.94. The molecule has 2 aromatic rings. The van der Waals surface area contributed by atoms with Crippen LogP contribution in [0.1, 0.15) is 61.3 Å². The molecule has 2 aliphatic rings. The molecule has 1 aliphatic carbocycles. The van der Waals surface area contributed by atoms with E-state index in [1.807, 2.05) is 55.1 Å². The molecular weight excluding hydrogens is 404 g/mol. The molecule has 1 unspecified atom stereocenters. The van der Waals surface area contributed by atoms with Crippen molar-refractivity contribution in [3.63, 3.8) is 0 Å². The molecule has 1 heterocycles. The van der Waals surface area contributed by atoms with Gasteiger partial charge in [0, 0.05) is 5.69 Å². The lowest BCUT2D eigenvalue weighted by Gasteiger charge is -2.54. The number of anilines is 1. The zero-order valence-electron chi connectivity index (χ0n) is 19.4. The van der Waals surface area contributed by atoms with Gasteiger partial charge in [-0.3, -0.25) is 9.59 Å². The Morgan fingerprint density at radius 2 is 1.66 bits per heavy atom. The number of benzene rings is 2. The minimum atomic E-state index is -0.833. The second-order valence-electron chi connectivity index (χ2n) is 8.91. The number of likely N-dealkylation sites (tertiary alicyclic amines) is 1. The maximum Gasteiger partial charge on any atom is 0.250 e. The number of carbonyl (C=O) groups excluding carboxylic acids is 2. The Kier molecular flexibility index (Phi) is 6.13. The van der Waals surface area contributed by atoms with Crippen LogP contribution in [0.4, 0.5) is 5.69 Å². The van der Waals surface area contributed by atoms with E-state index in [1.54, 1.807) is 14.2 Å². The number of amides is 2. The van der Waals surface area contributed by atoms with Gasteiger partial charge in [0.05, 0.1) is 26.7 Å². The van der Waals surface area contributed by atoms with Crippen LogP contribution in [0.15, 0.2) is 36.4 Å². The van der Waals surface area contributed by atoms with Crippen molar-refractivity contribution in [1.82, 2.24) is 4.90 Å². The number of aryl methyl sites for hydroxylation is 2. The highest BCUT2D eigenvalue weighted by Gasteiger charge is 2.55. The van der Waals surface area contributed by atoms with Crippen LogP contribution in [0.3, 0.4) is 0 Å². The summed E-state index contributed by atoms with van der Waals surface area (Å²) in [5.41, 5.74) is 3.02. The second-order valence-corrected chi connectivity index (χ2v) is 8.91. The molecule has 32 heavy (non-hydrogen) atoms. The Hall–Kier alpha value is -3.02. The van der Waals surface area contributed by atoms with E-state index in [9.17, 15) is 9.59 Å². The fourth-order valence-electron chi connectivity index (χ4n) is 5.24. The van der Waals surface area contributed by atoms with Crippen molar-refractivity contribution in [2.45, 2.75) is 64.0 Å². The number of carbonyl (C=O) groups is 2. The molecule has 170 valence electrons. The second kappa shape index (κ2) is 8.85. The molecule has 0 spiro atoms. The summed E-state index contributed by atoms with van der Waals surface area (Å²) in [6, 6.07) is 11.6. The molecule has 6 heteroatoms. The fourth-order valence-corrected chi connectivity index (χ4v) is 5.24. The van der Waals surface area contributed by atoms with Crippen molar-refractivity contribution in [1.29, 1.82) is 0 Å². The average Bonchev–Trinajstić information content (AvgIpc) is 2.79. The molecule has 2 fully saturated rings. The van der Waals surface area contributed by atoms with E-state index < -0.39 is 5.54 Å². The zero-order valence-corrected chi connectivity index (χ0v) is 19.4. The van der Waals surface area contributed by atoms with Gasteiger partial charge >= 0.3 is 0 Å². The number of hydrogen-bond acceptors (Lipinski definition) is 4. The Bertz CT molecular complexity index is 1010. The fraction of sp³-hybridized carbons (Fsp3) is 0.462. The minimum absolute atomic E-state index is 0.0309. The van der Waals surface area contributed by atoms with Crippen LogP contribution in [-0.2, 0) is 9.59 Å². The number of nitrogens with zero attached hydrogens (tertiary/aromatic N) is 1. The van der Waals surface area contributed by atoms with Gasteiger partial charge in [-0.2, -0.15) is 0 Å². The first-order valence-corrected chi connectivity index (χ1v) is 11.3. The average molecular weight is 437 g/mol. The van der Waals surface area contributed by atoms with Crippen molar-refractivity contribution in [2.75, 3.05) is 19.5 Å². The minimum Gasteiger partial charge on any atom is -0.493 e. The first-order chi connectivity index (χ1) is 15.4. The summed E-state index contributed by atoms with van der Waals surface area (Å²) in [7, 11) is 3.21. The summed E-state index contributed by atoms with van der Waals surface area (Å²) >= 11 is 0.